The van der Waals surface area contributed by atoms with Crippen molar-refractivity contribution in [3.05, 3.63) is 77.7 Å². The van der Waals surface area contributed by atoms with Crippen LogP contribution in [0.5, 0.6) is 5.75 Å². The van der Waals surface area contributed by atoms with Crippen LogP contribution in [-0.2, 0) is 25.2 Å². The molecule has 1 amide bonds. The van der Waals surface area contributed by atoms with Crippen LogP contribution < -0.4 is 20.7 Å². The summed E-state index contributed by atoms with van der Waals surface area (Å²) in [5.74, 6) is 1.43. The van der Waals surface area contributed by atoms with Gasteiger partial charge in [0, 0.05) is 36.3 Å². The maximum atomic E-state index is 13.4. The molecule has 0 bridgehead atoms. The molecular weight excluding hydrogens is 591 g/mol. The summed E-state index contributed by atoms with van der Waals surface area (Å²) in [7, 11) is -2.89. The smallest absolute Gasteiger partial charge is 0.272 e. The van der Waals surface area contributed by atoms with Crippen molar-refractivity contribution in [2.24, 2.45) is 0 Å². The van der Waals surface area contributed by atoms with E-state index in [0.29, 0.717) is 86.7 Å². The molecule has 0 radical (unpaired) electrons. The van der Waals surface area contributed by atoms with E-state index in [1.54, 1.807) is 24.4 Å². The molecule has 13 heteroatoms. The van der Waals surface area contributed by atoms with Crippen molar-refractivity contribution in [1.29, 1.82) is 0 Å². The second kappa shape index (κ2) is 15.8. The van der Waals surface area contributed by atoms with Gasteiger partial charge in [-0.15, -0.1) is 0 Å². The molecule has 11 nitrogen and oxygen atoms in total. The number of morpholine rings is 1. The van der Waals surface area contributed by atoms with Gasteiger partial charge in [0.1, 0.15) is 16.6 Å². The highest BCUT2D eigenvalue weighted by molar-refractivity contribution is 7.56. The standard InChI is InChI=1S/C30H38ClN6O5P/c1-4-29(38)34-23-8-6-9-24(19-23)35-30-26(31)20-33-28(36-30)21-32-27-11-10-25(18-22(27)3)41-14-7-17-43(39,42-5-2)37-12-15-40-16-13-37/h4,6,8-11,18-20,32H,1,5,7,12-17,21H2,2-3H3,(H,34,38)(H,33,35,36). The summed E-state index contributed by atoms with van der Waals surface area (Å²) in [4.78, 5) is 20.5. The van der Waals surface area contributed by atoms with E-state index in [-0.39, 0.29) is 5.91 Å². The zero-order valence-electron chi connectivity index (χ0n) is 24.5. The van der Waals surface area contributed by atoms with Crippen molar-refractivity contribution in [2.75, 3.05) is 61.6 Å². The average Bonchev–Trinajstić information content (AvgIpc) is 3.01. The number of rotatable bonds is 15. The fraction of sp³-hybridized carbons (Fsp3) is 0.367. The third-order valence-corrected chi connectivity index (χ3v) is 9.69. The zero-order valence-corrected chi connectivity index (χ0v) is 26.1. The first-order valence-corrected chi connectivity index (χ1v) is 16.3. The zero-order chi connectivity index (χ0) is 30.7. The minimum absolute atomic E-state index is 0.297. The molecule has 1 saturated heterocycles. The molecule has 230 valence electrons. The van der Waals surface area contributed by atoms with Crippen LogP contribution in [0.3, 0.4) is 0 Å². The first-order valence-electron chi connectivity index (χ1n) is 14.2. The number of carbonyl (C=O) groups excluding carboxylic acids is 1. The van der Waals surface area contributed by atoms with Crippen LogP contribution in [0.15, 0.2) is 61.3 Å². The maximum Gasteiger partial charge on any atom is 0.272 e. The summed E-state index contributed by atoms with van der Waals surface area (Å²) in [6, 6.07) is 13.0. The predicted molar refractivity (Wildman–Crippen MR) is 171 cm³/mol. The topological polar surface area (TPSA) is 127 Å². The largest absolute Gasteiger partial charge is 0.494 e. The molecule has 1 aromatic heterocycles. The van der Waals surface area contributed by atoms with E-state index in [2.05, 4.69) is 32.5 Å². The summed E-state index contributed by atoms with van der Waals surface area (Å²) < 4.78 is 32.4. The number of hydrogen-bond donors (Lipinski definition) is 3. The van der Waals surface area contributed by atoms with Crippen molar-refractivity contribution in [2.45, 2.75) is 26.8 Å². The number of benzene rings is 2. The van der Waals surface area contributed by atoms with Gasteiger partial charge in [0.15, 0.2) is 5.82 Å². The van der Waals surface area contributed by atoms with Gasteiger partial charge in [-0.1, -0.05) is 24.2 Å². The number of carbonyl (C=O) groups is 1. The summed E-state index contributed by atoms with van der Waals surface area (Å²) in [5.41, 5.74) is 3.23. The Morgan fingerprint density at radius 1 is 1.21 bits per heavy atom. The van der Waals surface area contributed by atoms with Crippen LogP contribution in [-0.4, -0.2) is 66.2 Å². The van der Waals surface area contributed by atoms with E-state index in [4.69, 9.17) is 25.6 Å². The molecule has 3 aromatic rings. The van der Waals surface area contributed by atoms with Crippen molar-refractivity contribution >= 4 is 47.9 Å². The predicted octanol–water partition coefficient (Wildman–Crippen LogP) is 6.25. The first kappa shape index (κ1) is 32.4. The summed E-state index contributed by atoms with van der Waals surface area (Å²) >= 11 is 6.35. The monoisotopic (exact) mass is 628 g/mol. The molecule has 0 spiro atoms. The molecular formula is C30H38ClN6O5P. The van der Waals surface area contributed by atoms with Gasteiger partial charge in [-0.3, -0.25) is 9.36 Å². The lowest BCUT2D eigenvalue weighted by atomic mass is 10.2. The van der Waals surface area contributed by atoms with E-state index in [1.807, 2.05) is 42.8 Å². The van der Waals surface area contributed by atoms with Gasteiger partial charge in [-0.25, -0.2) is 14.6 Å². The lowest BCUT2D eigenvalue weighted by Gasteiger charge is -2.33. The minimum atomic E-state index is -2.89. The van der Waals surface area contributed by atoms with Gasteiger partial charge in [0.25, 0.3) is 7.52 Å². The van der Waals surface area contributed by atoms with E-state index in [9.17, 15) is 9.36 Å². The van der Waals surface area contributed by atoms with Crippen LogP contribution in [0.25, 0.3) is 0 Å². The van der Waals surface area contributed by atoms with Crippen molar-refractivity contribution in [3.63, 3.8) is 0 Å². The summed E-state index contributed by atoms with van der Waals surface area (Å²) in [6.07, 6.45) is 3.81. The van der Waals surface area contributed by atoms with Gasteiger partial charge in [0.2, 0.25) is 5.91 Å². The van der Waals surface area contributed by atoms with Gasteiger partial charge >= 0.3 is 0 Å². The number of hydrogen-bond acceptors (Lipinski definition) is 9. The Morgan fingerprint density at radius 2 is 2.00 bits per heavy atom. The number of anilines is 4. The van der Waals surface area contributed by atoms with E-state index < -0.39 is 7.52 Å². The number of halogens is 1. The second-order valence-corrected chi connectivity index (χ2v) is 12.7. The number of aryl methyl sites for hydroxylation is 1. The molecule has 4 rings (SSSR count). The lowest BCUT2D eigenvalue weighted by molar-refractivity contribution is -0.111. The van der Waals surface area contributed by atoms with Crippen LogP contribution in [0.1, 0.15) is 24.7 Å². The van der Waals surface area contributed by atoms with Crippen LogP contribution >= 0.6 is 19.1 Å². The van der Waals surface area contributed by atoms with Crippen LogP contribution in [0, 0.1) is 6.92 Å². The highest BCUT2D eigenvalue weighted by atomic mass is 35.5. The first-order chi connectivity index (χ1) is 20.8. The van der Waals surface area contributed by atoms with Gasteiger partial charge < -0.3 is 29.9 Å². The Morgan fingerprint density at radius 3 is 2.74 bits per heavy atom. The van der Waals surface area contributed by atoms with Crippen LogP contribution in [0.2, 0.25) is 5.02 Å². The molecule has 1 aliphatic rings. The number of aromatic nitrogens is 2. The minimum Gasteiger partial charge on any atom is -0.494 e. The highest BCUT2D eigenvalue weighted by Crippen LogP contribution is 2.51. The maximum absolute atomic E-state index is 13.4. The van der Waals surface area contributed by atoms with Gasteiger partial charge in [0.05, 0.1) is 39.2 Å². The third-order valence-electron chi connectivity index (χ3n) is 6.61. The molecule has 43 heavy (non-hydrogen) atoms. The van der Waals surface area contributed by atoms with E-state index >= 15 is 0 Å². The Hall–Kier alpha value is -3.47. The summed E-state index contributed by atoms with van der Waals surface area (Å²) in [5, 5.41) is 9.64. The Balaban J connectivity index is 1.29. The van der Waals surface area contributed by atoms with Crippen molar-refractivity contribution < 1.29 is 23.4 Å². The normalized spacial score (nSPS) is 14.9. The lowest BCUT2D eigenvalue weighted by Crippen LogP contribution is -2.35. The van der Waals surface area contributed by atoms with Crippen molar-refractivity contribution in [3.8, 4) is 5.75 Å². The molecule has 2 heterocycles. The Bertz CT molecular complexity index is 1450. The molecule has 0 aliphatic carbocycles. The molecule has 1 atom stereocenters. The average molecular weight is 629 g/mol. The number of nitrogens with one attached hydrogen (secondary N) is 3. The van der Waals surface area contributed by atoms with E-state index in [1.165, 1.54) is 6.08 Å². The summed E-state index contributed by atoms with van der Waals surface area (Å²) in [6.45, 7) is 10.9. The number of amides is 1. The Kier molecular flexibility index (Phi) is 12.0. The molecule has 0 saturated carbocycles. The van der Waals surface area contributed by atoms with Crippen LogP contribution in [0.4, 0.5) is 22.9 Å². The molecule has 1 unspecified atom stereocenters. The molecule has 2 aromatic carbocycles. The van der Waals surface area contributed by atoms with Gasteiger partial charge in [-0.05, 0) is 68.3 Å². The molecule has 1 fully saturated rings. The highest BCUT2D eigenvalue weighted by Gasteiger charge is 2.32. The number of ether oxygens (including phenoxy) is 2. The second-order valence-electron chi connectivity index (χ2n) is 9.76. The van der Waals surface area contributed by atoms with E-state index in [0.717, 1.165) is 17.0 Å². The molecule has 1 aliphatic heterocycles. The molecule has 3 N–H and O–H groups in total. The van der Waals surface area contributed by atoms with Crippen molar-refractivity contribution in [1.82, 2.24) is 14.6 Å². The van der Waals surface area contributed by atoms with Gasteiger partial charge in [-0.2, -0.15) is 0 Å². The Labute approximate surface area is 257 Å². The number of nitrogens with zero attached hydrogens (tertiary/aromatic N) is 3. The quantitative estimate of drug-likeness (QED) is 0.101. The SMILES string of the molecule is C=CC(=O)Nc1cccc(Nc2nc(CNc3ccc(OCCCP(=O)(OCC)N4CCOCC4)cc3C)ncc2Cl)c1. The fourth-order valence-electron chi connectivity index (χ4n) is 4.48. The third kappa shape index (κ3) is 9.51. The fourth-order valence-corrected chi connectivity index (χ4v) is 6.90.